The first kappa shape index (κ1) is 18.5. The molecule has 21 heavy (non-hydrogen) atoms. The van der Waals surface area contributed by atoms with Crippen LogP contribution in [0.25, 0.3) is 0 Å². The highest BCUT2D eigenvalue weighted by molar-refractivity contribution is 14.0. The molecule has 1 aliphatic heterocycles. The summed E-state index contributed by atoms with van der Waals surface area (Å²) in [5.74, 6) is 1.91. The smallest absolute Gasteiger partial charge is 0.224 e. The predicted molar refractivity (Wildman–Crippen MR) is 97.1 cm³/mol. The molecule has 0 aromatic heterocycles. The summed E-state index contributed by atoms with van der Waals surface area (Å²) in [4.78, 5) is 18.4. The second kappa shape index (κ2) is 9.48. The van der Waals surface area contributed by atoms with Gasteiger partial charge < -0.3 is 15.5 Å². The van der Waals surface area contributed by atoms with Gasteiger partial charge in [-0.05, 0) is 44.9 Å². The van der Waals surface area contributed by atoms with Crippen molar-refractivity contribution in [3.8, 4) is 0 Å². The zero-order valence-corrected chi connectivity index (χ0v) is 15.6. The number of hydrogen-bond donors (Lipinski definition) is 2. The average Bonchev–Trinajstić information content (AvgIpc) is 3.27. The molecule has 0 aromatic rings. The number of hydrogen-bond acceptors (Lipinski definition) is 2. The van der Waals surface area contributed by atoms with Crippen LogP contribution in [-0.4, -0.2) is 49.5 Å². The van der Waals surface area contributed by atoms with E-state index in [0.717, 1.165) is 37.8 Å². The Morgan fingerprint density at radius 1 is 1.24 bits per heavy atom. The lowest BCUT2D eigenvalue weighted by molar-refractivity contribution is -0.134. The minimum absolute atomic E-state index is 0. The van der Waals surface area contributed by atoms with E-state index in [4.69, 9.17) is 0 Å². The van der Waals surface area contributed by atoms with E-state index in [9.17, 15) is 4.79 Å². The van der Waals surface area contributed by atoms with Crippen molar-refractivity contribution in [1.82, 2.24) is 15.5 Å². The van der Waals surface area contributed by atoms with E-state index in [1.807, 2.05) is 4.90 Å². The number of guanidine groups is 1. The van der Waals surface area contributed by atoms with Crippen molar-refractivity contribution < 1.29 is 4.79 Å². The molecule has 1 saturated heterocycles. The van der Waals surface area contributed by atoms with Gasteiger partial charge in [0.2, 0.25) is 5.91 Å². The molecule has 1 unspecified atom stereocenters. The zero-order chi connectivity index (χ0) is 14.4. The van der Waals surface area contributed by atoms with Gasteiger partial charge in [0.15, 0.2) is 5.96 Å². The molecule has 5 nitrogen and oxygen atoms in total. The number of amides is 1. The number of nitrogens with zero attached hydrogens (tertiary/aromatic N) is 2. The highest BCUT2D eigenvalue weighted by Crippen LogP contribution is 2.27. The fourth-order valence-corrected chi connectivity index (χ4v) is 2.68. The van der Waals surface area contributed by atoms with Crippen LogP contribution < -0.4 is 10.6 Å². The van der Waals surface area contributed by atoms with Crippen molar-refractivity contribution >= 4 is 35.8 Å². The van der Waals surface area contributed by atoms with E-state index >= 15 is 0 Å². The molecular formula is C15H29IN4O. The Kier molecular flexibility index (Phi) is 8.36. The summed E-state index contributed by atoms with van der Waals surface area (Å²) in [7, 11) is 1.77. The Hall–Kier alpha value is -0.530. The van der Waals surface area contributed by atoms with Gasteiger partial charge in [0.25, 0.3) is 0 Å². The summed E-state index contributed by atoms with van der Waals surface area (Å²) in [6.07, 6.45) is 6.75. The van der Waals surface area contributed by atoms with Crippen LogP contribution in [0.4, 0.5) is 0 Å². The molecule has 0 spiro atoms. The number of aliphatic imine (C=N–C) groups is 1. The number of carbonyl (C=O) groups is 1. The number of likely N-dealkylation sites (tertiary alicyclic amines) is 1. The minimum Gasteiger partial charge on any atom is -0.356 e. The van der Waals surface area contributed by atoms with Crippen molar-refractivity contribution in [3.63, 3.8) is 0 Å². The molecule has 1 atom stereocenters. The van der Waals surface area contributed by atoms with E-state index in [0.29, 0.717) is 19.0 Å². The van der Waals surface area contributed by atoms with Crippen LogP contribution in [0.1, 0.15) is 45.4 Å². The molecule has 0 aromatic carbocycles. The number of piperidine rings is 1. The van der Waals surface area contributed by atoms with E-state index < -0.39 is 0 Å². The van der Waals surface area contributed by atoms with Crippen LogP contribution in [0.2, 0.25) is 0 Å². The first-order chi connectivity index (χ1) is 9.70. The lowest BCUT2D eigenvalue weighted by Crippen LogP contribution is -2.44. The Labute approximate surface area is 145 Å². The Balaban J connectivity index is 0.00000220. The third kappa shape index (κ3) is 6.40. The highest BCUT2D eigenvalue weighted by atomic mass is 127. The van der Waals surface area contributed by atoms with E-state index in [-0.39, 0.29) is 29.9 Å². The SMILES string of the molecule is CN=C(NCCC(=O)N1CCCCC1C)NCC1CC1.I. The molecular weight excluding hydrogens is 379 g/mol. The molecule has 2 rings (SSSR count). The Morgan fingerprint density at radius 2 is 2.00 bits per heavy atom. The monoisotopic (exact) mass is 408 g/mol. The van der Waals surface area contributed by atoms with Crippen LogP contribution in [-0.2, 0) is 4.79 Å². The van der Waals surface area contributed by atoms with Crippen LogP contribution in [0.3, 0.4) is 0 Å². The number of nitrogens with one attached hydrogen (secondary N) is 2. The topological polar surface area (TPSA) is 56.7 Å². The lowest BCUT2D eigenvalue weighted by atomic mass is 10.0. The van der Waals surface area contributed by atoms with Gasteiger partial charge in [0.05, 0.1) is 0 Å². The summed E-state index contributed by atoms with van der Waals surface area (Å²) in [6.45, 7) is 4.73. The zero-order valence-electron chi connectivity index (χ0n) is 13.2. The van der Waals surface area contributed by atoms with Gasteiger partial charge in [-0.3, -0.25) is 9.79 Å². The van der Waals surface area contributed by atoms with Crippen LogP contribution in [0.5, 0.6) is 0 Å². The Bertz CT molecular complexity index is 358. The van der Waals surface area contributed by atoms with Gasteiger partial charge in [-0.15, -0.1) is 24.0 Å². The molecule has 1 heterocycles. The fourth-order valence-electron chi connectivity index (χ4n) is 2.68. The van der Waals surface area contributed by atoms with Crippen LogP contribution in [0, 0.1) is 5.92 Å². The van der Waals surface area contributed by atoms with Crippen molar-refractivity contribution in [1.29, 1.82) is 0 Å². The largest absolute Gasteiger partial charge is 0.356 e. The fraction of sp³-hybridized carbons (Fsp3) is 0.867. The molecule has 0 bridgehead atoms. The van der Waals surface area contributed by atoms with Crippen LogP contribution >= 0.6 is 24.0 Å². The predicted octanol–water partition coefficient (Wildman–Crippen LogP) is 1.97. The molecule has 1 amide bonds. The third-order valence-corrected chi connectivity index (χ3v) is 4.23. The second-order valence-electron chi connectivity index (χ2n) is 6.01. The molecule has 1 aliphatic carbocycles. The second-order valence-corrected chi connectivity index (χ2v) is 6.01. The quantitative estimate of drug-likeness (QED) is 0.416. The molecule has 122 valence electrons. The molecule has 6 heteroatoms. The number of carbonyl (C=O) groups excluding carboxylic acids is 1. The average molecular weight is 408 g/mol. The van der Waals surface area contributed by atoms with Gasteiger partial charge in [-0.2, -0.15) is 0 Å². The maximum absolute atomic E-state index is 12.2. The highest BCUT2D eigenvalue weighted by Gasteiger charge is 2.23. The van der Waals surface area contributed by atoms with Gasteiger partial charge in [-0.25, -0.2) is 0 Å². The minimum atomic E-state index is 0. The van der Waals surface area contributed by atoms with E-state index in [1.54, 1.807) is 7.05 Å². The molecule has 1 saturated carbocycles. The maximum atomic E-state index is 12.2. The summed E-state index contributed by atoms with van der Waals surface area (Å²) in [5, 5.41) is 6.54. The maximum Gasteiger partial charge on any atom is 0.224 e. The molecule has 2 aliphatic rings. The first-order valence-electron chi connectivity index (χ1n) is 7.94. The first-order valence-corrected chi connectivity index (χ1v) is 7.94. The van der Waals surface area contributed by atoms with Crippen molar-refractivity contribution in [2.75, 3.05) is 26.7 Å². The standard InChI is InChI=1S/C15H28N4O.HI/c1-12-5-3-4-10-19(12)14(20)8-9-17-15(16-2)18-11-13-6-7-13;/h12-13H,3-11H2,1-2H3,(H2,16,17,18);1H. The summed E-state index contributed by atoms with van der Waals surface area (Å²) in [6, 6.07) is 0.406. The van der Waals surface area contributed by atoms with Gasteiger partial charge in [0.1, 0.15) is 0 Å². The molecule has 2 N–H and O–H groups in total. The molecule has 2 fully saturated rings. The number of rotatable bonds is 5. The number of halogens is 1. The summed E-state index contributed by atoms with van der Waals surface area (Å²) < 4.78 is 0. The third-order valence-electron chi connectivity index (χ3n) is 4.23. The van der Waals surface area contributed by atoms with Crippen molar-refractivity contribution in [2.45, 2.75) is 51.5 Å². The normalized spacial score (nSPS) is 22.5. The van der Waals surface area contributed by atoms with Gasteiger partial charge in [-0.1, -0.05) is 0 Å². The summed E-state index contributed by atoms with van der Waals surface area (Å²) in [5.41, 5.74) is 0. The van der Waals surface area contributed by atoms with Gasteiger partial charge >= 0.3 is 0 Å². The Morgan fingerprint density at radius 3 is 2.62 bits per heavy atom. The van der Waals surface area contributed by atoms with Gasteiger partial charge in [0, 0.05) is 39.1 Å². The van der Waals surface area contributed by atoms with Crippen LogP contribution in [0.15, 0.2) is 4.99 Å². The van der Waals surface area contributed by atoms with E-state index in [2.05, 4.69) is 22.5 Å². The summed E-state index contributed by atoms with van der Waals surface area (Å²) >= 11 is 0. The van der Waals surface area contributed by atoms with Crippen molar-refractivity contribution in [3.05, 3.63) is 0 Å². The van der Waals surface area contributed by atoms with E-state index in [1.165, 1.54) is 19.3 Å². The lowest BCUT2D eigenvalue weighted by Gasteiger charge is -2.33. The molecule has 0 radical (unpaired) electrons. The van der Waals surface area contributed by atoms with Crippen molar-refractivity contribution in [2.24, 2.45) is 10.9 Å².